The first-order chi connectivity index (χ1) is 8.56. The molecule has 2 N–H and O–H groups in total. The molecule has 5 nitrogen and oxygen atoms in total. The van der Waals surface area contributed by atoms with Gasteiger partial charge in [0.05, 0.1) is 13.2 Å². The van der Waals surface area contributed by atoms with Crippen LogP contribution in [-0.4, -0.2) is 32.5 Å². The van der Waals surface area contributed by atoms with Crippen LogP contribution in [0.25, 0.3) is 0 Å². The van der Waals surface area contributed by atoms with Crippen molar-refractivity contribution in [2.75, 3.05) is 24.9 Å². The molecule has 1 rings (SSSR count). The molecule has 0 aliphatic rings. The number of anilines is 2. The smallest absolute Gasteiger partial charge is 0.411 e. The Labute approximate surface area is 107 Å². The zero-order chi connectivity index (χ0) is 13.5. The summed E-state index contributed by atoms with van der Waals surface area (Å²) in [6, 6.07) is 7.61. The van der Waals surface area contributed by atoms with Crippen molar-refractivity contribution in [3.05, 3.63) is 24.3 Å². The van der Waals surface area contributed by atoms with Gasteiger partial charge in [0.15, 0.2) is 0 Å². The lowest BCUT2D eigenvalue weighted by molar-refractivity contribution is 0.106. The van der Waals surface area contributed by atoms with Crippen LogP contribution < -0.4 is 10.6 Å². The Morgan fingerprint density at radius 2 is 1.67 bits per heavy atom. The van der Waals surface area contributed by atoms with Gasteiger partial charge >= 0.3 is 6.09 Å². The average Bonchev–Trinajstić information content (AvgIpc) is 2.39. The Morgan fingerprint density at radius 1 is 1.11 bits per heavy atom. The van der Waals surface area contributed by atoms with Gasteiger partial charge in [-0.15, -0.1) is 0 Å². The minimum absolute atomic E-state index is 0.123. The first-order valence-corrected chi connectivity index (χ1v) is 5.81. The Balaban J connectivity index is 2.57. The molecule has 0 bridgehead atoms. The first kappa shape index (κ1) is 14.3. The maximum absolute atomic E-state index is 11.0. The Morgan fingerprint density at radius 3 is 2.17 bits per heavy atom. The zero-order valence-corrected chi connectivity index (χ0v) is 11.2. The van der Waals surface area contributed by atoms with Crippen LogP contribution in [0.5, 0.6) is 0 Å². The first-order valence-electron chi connectivity index (χ1n) is 5.81. The fraction of sp³-hybridized carbons (Fsp3) is 0.462. The maximum Gasteiger partial charge on any atom is 0.411 e. The number of benzene rings is 1. The summed E-state index contributed by atoms with van der Waals surface area (Å²) in [6.45, 7) is 4.06. The average molecular weight is 252 g/mol. The zero-order valence-electron chi connectivity index (χ0n) is 11.2. The normalized spacial score (nSPS) is 13.6. The second-order valence-corrected chi connectivity index (χ2v) is 4.07. The fourth-order valence-electron chi connectivity index (χ4n) is 1.40. The highest BCUT2D eigenvalue weighted by atomic mass is 16.5. The van der Waals surface area contributed by atoms with E-state index in [1.165, 1.54) is 7.11 Å². The molecular formula is C13H20N2O3. The molecule has 100 valence electrons. The van der Waals surface area contributed by atoms with Gasteiger partial charge in [0.25, 0.3) is 0 Å². The van der Waals surface area contributed by atoms with Gasteiger partial charge < -0.3 is 14.8 Å². The van der Waals surface area contributed by atoms with Crippen molar-refractivity contribution in [1.82, 2.24) is 0 Å². The molecule has 0 aromatic heterocycles. The topological polar surface area (TPSA) is 59.6 Å². The summed E-state index contributed by atoms with van der Waals surface area (Å²) in [4.78, 5) is 11.0. The molecule has 0 saturated carbocycles. The maximum atomic E-state index is 11.0. The third-order valence-corrected chi connectivity index (χ3v) is 2.79. The van der Waals surface area contributed by atoms with E-state index in [1.54, 1.807) is 7.11 Å². The number of hydrogen-bond acceptors (Lipinski definition) is 4. The van der Waals surface area contributed by atoms with Crippen LogP contribution in [0.4, 0.5) is 16.2 Å². The Kier molecular flexibility index (Phi) is 5.45. The van der Waals surface area contributed by atoms with Crippen molar-refractivity contribution >= 4 is 17.5 Å². The number of hydrogen-bond donors (Lipinski definition) is 2. The molecule has 1 aromatic carbocycles. The molecule has 0 aliphatic heterocycles. The number of amides is 1. The number of rotatable bonds is 5. The van der Waals surface area contributed by atoms with E-state index in [0.29, 0.717) is 5.69 Å². The van der Waals surface area contributed by atoms with E-state index in [2.05, 4.69) is 22.3 Å². The van der Waals surface area contributed by atoms with Crippen molar-refractivity contribution in [1.29, 1.82) is 0 Å². The van der Waals surface area contributed by atoms with Gasteiger partial charge in [0.1, 0.15) is 0 Å². The van der Waals surface area contributed by atoms with Gasteiger partial charge in [0, 0.05) is 24.5 Å². The summed E-state index contributed by atoms with van der Waals surface area (Å²) < 4.78 is 9.75. The number of carbonyl (C=O) groups excluding carboxylic acids is 1. The van der Waals surface area contributed by atoms with Crippen molar-refractivity contribution < 1.29 is 14.3 Å². The van der Waals surface area contributed by atoms with E-state index >= 15 is 0 Å². The van der Waals surface area contributed by atoms with Gasteiger partial charge in [-0.25, -0.2) is 4.79 Å². The highest BCUT2D eigenvalue weighted by Gasteiger charge is 2.10. The Hall–Kier alpha value is -1.75. The van der Waals surface area contributed by atoms with Crippen LogP contribution in [0.3, 0.4) is 0 Å². The van der Waals surface area contributed by atoms with Crippen molar-refractivity contribution in [3.63, 3.8) is 0 Å². The molecule has 0 saturated heterocycles. The summed E-state index contributed by atoms with van der Waals surface area (Å²) in [6.07, 6.45) is -0.352. The number of nitrogens with one attached hydrogen (secondary N) is 2. The lowest BCUT2D eigenvalue weighted by Crippen LogP contribution is -2.29. The largest absolute Gasteiger partial charge is 0.453 e. The van der Waals surface area contributed by atoms with E-state index in [1.807, 2.05) is 31.2 Å². The van der Waals surface area contributed by atoms with Crippen molar-refractivity contribution in [2.45, 2.75) is 26.0 Å². The summed E-state index contributed by atoms with van der Waals surface area (Å²) in [5, 5.41) is 5.91. The SMILES string of the molecule is COC(=O)Nc1ccc(NC(C)C(C)OC)cc1. The quantitative estimate of drug-likeness (QED) is 0.846. The monoisotopic (exact) mass is 252 g/mol. The third kappa shape index (κ3) is 4.25. The second-order valence-electron chi connectivity index (χ2n) is 4.07. The molecule has 1 amide bonds. The fourth-order valence-corrected chi connectivity index (χ4v) is 1.40. The van der Waals surface area contributed by atoms with E-state index in [9.17, 15) is 4.79 Å². The minimum Gasteiger partial charge on any atom is -0.453 e. The predicted octanol–water partition coefficient (Wildman–Crippen LogP) is 2.70. The molecule has 1 aromatic rings. The predicted molar refractivity (Wildman–Crippen MR) is 72.0 cm³/mol. The highest BCUT2D eigenvalue weighted by Crippen LogP contribution is 2.15. The number of ether oxygens (including phenoxy) is 2. The second kappa shape index (κ2) is 6.86. The van der Waals surface area contributed by atoms with Gasteiger partial charge in [-0.2, -0.15) is 0 Å². The van der Waals surface area contributed by atoms with E-state index < -0.39 is 6.09 Å². The molecule has 0 spiro atoms. The molecule has 0 fully saturated rings. The molecule has 18 heavy (non-hydrogen) atoms. The lowest BCUT2D eigenvalue weighted by Gasteiger charge is -2.21. The van der Waals surface area contributed by atoms with Crippen LogP contribution in [0.1, 0.15) is 13.8 Å². The van der Waals surface area contributed by atoms with Gasteiger partial charge in [0.2, 0.25) is 0 Å². The Bertz CT molecular complexity index is 378. The number of carbonyl (C=O) groups is 1. The number of methoxy groups -OCH3 is 2. The van der Waals surface area contributed by atoms with Crippen LogP contribution in [0, 0.1) is 0 Å². The van der Waals surface area contributed by atoms with E-state index in [-0.39, 0.29) is 12.1 Å². The van der Waals surface area contributed by atoms with E-state index in [4.69, 9.17) is 4.74 Å². The summed E-state index contributed by atoms with van der Waals surface area (Å²) >= 11 is 0. The lowest BCUT2D eigenvalue weighted by atomic mass is 10.2. The van der Waals surface area contributed by atoms with Gasteiger partial charge in [-0.05, 0) is 38.1 Å². The minimum atomic E-state index is -0.475. The van der Waals surface area contributed by atoms with Crippen LogP contribution >= 0.6 is 0 Å². The molecule has 2 atom stereocenters. The van der Waals surface area contributed by atoms with Crippen molar-refractivity contribution in [2.24, 2.45) is 0 Å². The molecular weight excluding hydrogens is 232 g/mol. The van der Waals surface area contributed by atoms with Gasteiger partial charge in [-0.1, -0.05) is 0 Å². The van der Waals surface area contributed by atoms with Crippen LogP contribution in [0.2, 0.25) is 0 Å². The molecule has 0 aliphatic carbocycles. The van der Waals surface area contributed by atoms with Crippen molar-refractivity contribution in [3.8, 4) is 0 Å². The van der Waals surface area contributed by atoms with Crippen LogP contribution in [0.15, 0.2) is 24.3 Å². The van der Waals surface area contributed by atoms with Gasteiger partial charge in [-0.3, -0.25) is 5.32 Å². The summed E-state index contributed by atoms with van der Waals surface area (Å²) in [5.41, 5.74) is 1.67. The molecule has 0 radical (unpaired) electrons. The standard InChI is InChI=1S/C13H20N2O3/c1-9(10(2)17-3)14-11-5-7-12(8-6-11)15-13(16)18-4/h5-10,14H,1-4H3,(H,15,16). The third-order valence-electron chi connectivity index (χ3n) is 2.79. The van der Waals surface area contributed by atoms with E-state index in [0.717, 1.165) is 5.69 Å². The molecule has 5 heteroatoms. The summed E-state index contributed by atoms with van der Waals surface area (Å²) in [5.74, 6) is 0. The molecule has 0 heterocycles. The molecule has 2 unspecified atom stereocenters. The highest BCUT2D eigenvalue weighted by molar-refractivity contribution is 5.84. The van der Waals surface area contributed by atoms with Crippen LogP contribution in [-0.2, 0) is 9.47 Å². The summed E-state index contributed by atoms with van der Waals surface area (Å²) in [7, 11) is 3.02.